The topological polar surface area (TPSA) is 91.8 Å². The molecule has 1 heterocycles. The monoisotopic (exact) mass is 353 g/mol. The number of sulfonamides is 1. The number of rotatable bonds is 2. The van der Waals surface area contributed by atoms with Gasteiger partial charge in [0.05, 0.1) is 15.5 Å². The number of sulfone groups is 1. The van der Waals surface area contributed by atoms with E-state index in [0.29, 0.717) is 5.56 Å². The summed E-state index contributed by atoms with van der Waals surface area (Å²) in [4.78, 5) is 0.0214. The Bertz CT molecular complexity index is 996. The van der Waals surface area contributed by atoms with Crippen LogP contribution in [0.2, 0.25) is 0 Å². The molecule has 122 valence electrons. The van der Waals surface area contributed by atoms with E-state index in [2.05, 4.69) is 0 Å². The SMILES string of the molecule is Cc1ccc(S(C)(=O)=O)cc1N1C(O)c2ccccc2S1(=O)=O. The van der Waals surface area contributed by atoms with E-state index in [1.165, 1.54) is 30.3 Å². The van der Waals surface area contributed by atoms with Crippen molar-refractivity contribution in [3.63, 3.8) is 0 Å². The average molecular weight is 353 g/mol. The molecule has 0 spiro atoms. The van der Waals surface area contributed by atoms with Crippen LogP contribution in [0.15, 0.2) is 52.3 Å². The van der Waals surface area contributed by atoms with E-state index in [-0.39, 0.29) is 21.0 Å². The summed E-state index contributed by atoms with van der Waals surface area (Å²) in [6.45, 7) is 1.66. The van der Waals surface area contributed by atoms with Crippen LogP contribution in [0, 0.1) is 6.92 Å². The van der Waals surface area contributed by atoms with Crippen LogP contribution in [0.1, 0.15) is 17.4 Å². The zero-order chi connectivity index (χ0) is 17.0. The van der Waals surface area contributed by atoms with Crippen LogP contribution in [-0.2, 0) is 19.9 Å². The third-order valence-electron chi connectivity index (χ3n) is 3.80. The fourth-order valence-corrected chi connectivity index (χ4v) is 5.02. The Kier molecular flexibility index (Phi) is 3.51. The molecule has 0 radical (unpaired) electrons. The Morgan fingerprint density at radius 3 is 2.39 bits per heavy atom. The second kappa shape index (κ2) is 5.05. The number of fused-ring (bicyclic) bond motifs is 1. The highest BCUT2D eigenvalue weighted by molar-refractivity contribution is 7.93. The standard InChI is InChI=1S/C15H15NO5S2/c1-10-7-8-11(22(2,18)19)9-13(10)16-15(17)12-5-3-4-6-14(12)23(16,20)21/h3-9,15,17H,1-2H3. The number of anilines is 1. The van der Waals surface area contributed by atoms with Gasteiger partial charge in [-0.3, -0.25) is 0 Å². The van der Waals surface area contributed by atoms with Gasteiger partial charge in [-0.25, -0.2) is 21.1 Å². The Morgan fingerprint density at radius 1 is 1.13 bits per heavy atom. The van der Waals surface area contributed by atoms with Gasteiger partial charge in [-0.1, -0.05) is 24.3 Å². The van der Waals surface area contributed by atoms with Gasteiger partial charge in [0.2, 0.25) is 0 Å². The molecule has 1 N–H and O–H groups in total. The molecule has 0 fully saturated rings. The minimum absolute atomic E-state index is 0.00328. The largest absolute Gasteiger partial charge is 0.368 e. The summed E-state index contributed by atoms with van der Waals surface area (Å²) in [5, 5.41) is 10.4. The van der Waals surface area contributed by atoms with Crippen molar-refractivity contribution in [1.29, 1.82) is 0 Å². The van der Waals surface area contributed by atoms with E-state index in [1.54, 1.807) is 19.1 Å². The molecule has 8 heteroatoms. The van der Waals surface area contributed by atoms with E-state index in [9.17, 15) is 21.9 Å². The summed E-state index contributed by atoms with van der Waals surface area (Å²) in [5.41, 5.74) is 0.973. The minimum Gasteiger partial charge on any atom is -0.368 e. The van der Waals surface area contributed by atoms with Crippen LogP contribution in [0.25, 0.3) is 0 Å². The van der Waals surface area contributed by atoms with Crippen molar-refractivity contribution in [2.75, 3.05) is 10.6 Å². The summed E-state index contributed by atoms with van der Waals surface area (Å²) < 4.78 is 49.8. The maximum Gasteiger partial charge on any atom is 0.267 e. The highest BCUT2D eigenvalue weighted by Gasteiger charge is 2.42. The average Bonchev–Trinajstić information content (AvgIpc) is 2.67. The van der Waals surface area contributed by atoms with Crippen molar-refractivity contribution in [2.45, 2.75) is 22.9 Å². The van der Waals surface area contributed by atoms with E-state index >= 15 is 0 Å². The molecule has 0 saturated carbocycles. The van der Waals surface area contributed by atoms with Crippen LogP contribution in [0.5, 0.6) is 0 Å². The van der Waals surface area contributed by atoms with Crippen molar-refractivity contribution in [1.82, 2.24) is 0 Å². The van der Waals surface area contributed by atoms with Crippen molar-refractivity contribution >= 4 is 25.5 Å². The van der Waals surface area contributed by atoms with Gasteiger partial charge in [0.15, 0.2) is 16.1 Å². The lowest BCUT2D eigenvalue weighted by molar-refractivity contribution is 0.193. The molecule has 23 heavy (non-hydrogen) atoms. The molecule has 0 aromatic heterocycles. The fourth-order valence-electron chi connectivity index (χ4n) is 2.61. The van der Waals surface area contributed by atoms with Crippen LogP contribution in [0.3, 0.4) is 0 Å². The van der Waals surface area contributed by atoms with Crippen molar-refractivity contribution in [3.05, 3.63) is 53.6 Å². The molecule has 3 rings (SSSR count). The van der Waals surface area contributed by atoms with Crippen molar-refractivity contribution in [3.8, 4) is 0 Å². The van der Waals surface area contributed by atoms with Crippen LogP contribution >= 0.6 is 0 Å². The first-order valence-corrected chi connectivity index (χ1v) is 10.1. The maximum atomic E-state index is 12.7. The van der Waals surface area contributed by atoms with Gasteiger partial charge in [-0.2, -0.15) is 0 Å². The normalized spacial score (nSPS) is 19.6. The molecule has 0 aliphatic carbocycles. The maximum absolute atomic E-state index is 12.7. The Hall–Kier alpha value is -1.90. The van der Waals surface area contributed by atoms with Crippen LogP contribution in [-0.4, -0.2) is 28.2 Å². The van der Waals surface area contributed by atoms with Gasteiger partial charge in [0.1, 0.15) is 0 Å². The molecular weight excluding hydrogens is 338 g/mol. The summed E-state index contributed by atoms with van der Waals surface area (Å²) in [5.74, 6) is 0. The first kappa shape index (κ1) is 16.0. The number of aliphatic hydroxyl groups excluding tert-OH is 1. The second-order valence-electron chi connectivity index (χ2n) is 5.43. The second-order valence-corrected chi connectivity index (χ2v) is 9.23. The summed E-state index contributed by atoms with van der Waals surface area (Å²) in [6, 6.07) is 10.4. The van der Waals surface area contributed by atoms with E-state index in [4.69, 9.17) is 0 Å². The minimum atomic E-state index is -3.94. The lowest BCUT2D eigenvalue weighted by Crippen LogP contribution is -2.28. The summed E-state index contributed by atoms with van der Waals surface area (Å²) in [7, 11) is -7.44. The number of hydrogen-bond donors (Lipinski definition) is 1. The number of benzene rings is 2. The summed E-state index contributed by atoms with van der Waals surface area (Å²) >= 11 is 0. The van der Waals surface area contributed by atoms with Gasteiger partial charge in [-0.15, -0.1) is 0 Å². The quantitative estimate of drug-likeness (QED) is 0.885. The molecule has 0 bridgehead atoms. The van der Waals surface area contributed by atoms with E-state index in [0.717, 1.165) is 10.6 Å². The Balaban J connectivity index is 2.25. The number of hydrogen-bond acceptors (Lipinski definition) is 5. The Labute approximate surface area is 135 Å². The fraction of sp³-hybridized carbons (Fsp3) is 0.200. The molecule has 1 aliphatic rings. The number of aryl methyl sites for hydroxylation is 1. The lowest BCUT2D eigenvalue weighted by Gasteiger charge is -2.23. The smallest absolute Gasteiger partial charge is 0.267 e. The van der Waals surface area contributed by atoms with Gasteiger partial charge < -0.3 is 5.11 Å². The highest BCUT2D eigenvalue weighted by atomic mass is 32.2. The molecule has 0 amide bonds. The third kappa shape index (κ3) is 2.43. The lowest BCUT2D eigenvalue weighted by atomic mass is 10.1. The van der Waals surface area contributed by atoms with Crippen molar-refractivity contribution < 1.29 is 21.9 Å². The van der Waals surface area contributed by atoms with Crippen molar-refractivity contribution in [2.24, 2.45) is 0 Å². The number of nitrogens with zero attached hydrogens (tertiary/aromatic N) is 1. The molecule has 1 atom stereocenters. The molecule has 0 saturated heterocycles. The van der Waals surface area contributed by atoms with E-state index < -0.39 is 26.1 Å². The molecule has 1 aliphatic heterocycles. The van der Waals surface area contributed by atoms with E-state index in [1.807, 2.05) is 0 Å². The first-order valence-electron chi connectivity index (χ1n) is 6.76. The molecule has 1 unspecified atom stereocenters. The first-order chi connectivity index (χ1) is 10.6. The van der Waals surface area contributed by atoms with Crippen LogP contribution < -0.4 is 4.31 Å². The molecular formula is C15H15NO5S2. The van der Waals surface area contributed by atoms with Gasteiger partial charge >= 0.3 is 0 Å². The Morgan fingerprint density at radius 2 is 1.78 bits per heavy atom. The third-order valence-corrected chi connectivity index (χ3v) is 6.75. The van der Waals surface area contributed by atoms with Gasteiger partial charge in [0.25, 0.3) is 10.0 Å². The molecule has 2 aromatic carbocycles. The van der Waals surface area contributed by atoms with Gasteiger partial charge in [-0.05, 0) is 30.7 Å². The molecule has 6 nitrogen and oxygen atoms in total. The van der Waals surface area contributed by atoms with Gasteiger partial charge in [0, 0.05) is 11.8 Å². The number of aliphatic hydroxyl groups is 1. The summed E-state index contributed by atoms with van der Waals surface area (Å²) in [6.07, 6.45) is -0.338. The highest BCUT2D eigenvalue weighted by Crippen LogP contribution is 2.42. The predicted molar refractivity (Wildman–Crippen MR) is 85.4 cm³/mol. The van der Waals surface area contributed by atoms with Crippen LogP contribution in [0.4, 0.5) is 5.69 Å². The molecule has 2 aromatic rings. The predicted octanol–water partition coefficient (Wildman–Crippen LogP) is 1.60. The zero-order valence-electron chi connectivity index (χ0n) is 12.5. The zero-order valence-corrected chi connectivity index (χ0v) is 14.1.